The van der Waals surface area contributed by atoms with Crippen molar-refractivity contribution in [1.29, 1.82) is 0 Å². The number of hydrogen-bond acceptors (Lipinski definition) is 5. The van der Waals surface area contributed by atoms with Crippen LogP contribution in [0.2, 0.25) is 0 Å². The molecule has 2 rings (SSSR count). The number of hydrogen-bond donors (Lipinski definition) is 1. The molecule has 1 N–H and O–H groups in total. The third-order valence-corrected chi connectivity index (χ3v) is 4.59. The van der Waals surface area contributed by atoms with Crippen LogP contribution in [0.5, 0.6) is 0 Å². The fourth-order valence-corrected chi connectivity index (χ4v) is 3.56. The van der Waals surface area contributed by atoms with Gasteiger partial charge in [0.15, 0.2) is 5.13 Å². The van der Waals surface area contributed by atoms with Gasteiger partial charge in [0.25, 0.3) is 0 Å². The molecule has 0 bridgehead atoms. The van der Waals surface area contributed by atoms with Gasteiger partial charge in [0.1, 0.15) is 0 Å². The van der Waals surface area contributed by atoms with Gasteiger partial charge >= 0.3 is 0 Å². The first-order chi connectivity index (χ1) is 9.20. The van der Waals surface area contributed by atoms with Gasteiger partial charge in [-0.05, 0) is 39.9 Å². The minimum Gasteiger partial charge on any atom is -0.344 e. The lowest BCUT2D eigenvalue weighted by Gasteiger charge is -2.27. The topological polar surface area (TPSA) is 31.4 Å². The van der Waals surface area contributed by atoms with Crippen LogP contribution in [0.4, 0.5) is 5.13 Å². The monoisotopic (exact) mass is 282 g/mol. The van der Waals surface area contributed by atoms with Crippen molar-refractivity contribution in [1.82, 2.24) is 15.2 Å². The van der Waals surface area contributed by atoms with Crippen LogP contribution in [0.15, 0.2) is 6.20 Å². The van der Waals surface area contributed by atoms with Crippen LogP contribution >= 0.6 is 11.3 Å². The van der Waals surface area contributed by atoms with Crippen molar-refractivity contribution in [2.75, 3.05) is 38.1 Å². The molecule has 4 nitrogen and oxygen atoms in total. The highest BCUT2D eigenvalue weighted by Crippen LogP contribution is 2.25. The summed E-state index contributed by atoms with van der Waals surface area (Å²) in [6, 6.07) is 0.551. The number of anilines is 1. The predicted octanol–water partition coefficient (Wildman–Crippen LogP) is 2.17. The zero-order valence-electron chi connectivity index (χ0n) is 12.4. The maximum atomic E-state index is 4.62. The maximum absolute atomic E-state index is 4.62. The van der Waals surface area contributed by atoms with E-state index < -0.39 is 0 Å². The van der Waals surface area contributed by atoms with Crippen molar-refractivity contribution in [3.63, 3.8) is 0 Å². The van der Waals surface area contributed by atoms with Crippen LogP contribution in [0, 0.1) is 0 Å². The van der Waals surface area contributed by atoms with Crippen LogP contribution in [-0.2, 0) is 6.54 Å². The van der Waals surface area contributed by atoms with E-state index >= 15 is 0 Å². The van der Waals surface area contributed by atoms with E-state index in [2.05, 4.69) is 41.0 Å². The van der Waals surface area contributed by atoms with Gasteiger partial charge in [0.05, 0.1) is 0 Å². The molecule has 5 heteroatoms. The van der Waals surface area contributed by atoms with Gasteiger partial charge in [0.2, 0.25) is 0 Å². The number of aromatic nitrogens is 1. The Kier molecular flexibility index (Phi) is 5.60. The molecular weight excluding hydrogens is 256 g/mol. The van der Waals surface area contributed by atoms with Gasteiger partial charge in [-0.25, -0.2) is 4.98 Å². The first-order valence-electron chi connectivity index (χ1n) is 7.31. The summed E-state index contributed by atoms with van der Waals surface area (Å²) in [6.45, 7) is 9.98. The van der Waals surface area contributed by atoms with Gasteiger partial charge in [-0.15, -0.1) is 11.3 Å². The van der Waals surface area contributed by atoms with E-state index in [1.807, 2.05) is 17.5 Å². The van der Waals surface area contributed by atoms with Crippen molar-refractivity contribution in [2.45, 2.75) is 39.3 Å². The lowest BCUT2D eigenvalue weighted by atomic mass is 10.3. The Morgan fingerprint density at radius 3 is 3.11 bits per heavy atom. The second kappa shape index (κ2) is 7.22. The van der Waals surface area contributed by atoms with Crippen molar-refractivity contribution < 1.29 is 0 Å². The maximum Gasteiger partial charge on any atom is 0.185 e. The lowest BCUT2D eigenvalue weighted by Crippen LogP contribution is -2.37. The molecule has 0 aromatic carbocycles. The lowest BCUT2D eigenvalue weighted by molar-refractivity contribution is 0.337. The highest BCUT2D eigenvalue weighted by Gasteiger charge is 2.21. The quantitative estimate of drug-likeness (QED) is 0.839. The summed E-state index contributed by atoms with van der Waals surface area (Å²) in [7, 11) is 2.21. The van der Waals surface area contributed by atoms with Crippen LogP contribution < -0.4 is 10.2 Å². The van der Waals surface area contributed by atoms with E-state index in [-0.39, 0.29) is 0 Å². The summed E-state index contributed by atoms with van der Waals surface area (Å²) in [6.07, 6.45) is 4.44. The van der Waals surface area contributed by atoms with E-state index in [1.165, 1.54) is 29.4 Å². The molecule has 1 saturated heterocycles. The van der Waals surface area contributed by atoms with Crippen LogP contribution in [0.25, 0.3) is 0 Å². The predicted molar refractivity (Wildman–Crippen MR) is 83.0 cm³/mol. The first kappa shape index (κ1) is 14.8. The molecule has 0 aliphatic carbocycles. The molecule has 1 unspecified atom stereocenters. The molecule has 1 atom stereocenters. The fraction of sp³-hybridized carbons (Fsp3) is 0.786. The summed E-state index contributed by atoms with van der Waals surface area (Å²) in [5.74, 6) is 0. The van der Waals surface area contributed by atoms with Gasteiger partial charge in [-0.2, -0.15) is 0 Å². The number of nitrogens with one attached hydrogen (secondary N) is 1. The van der Waals surface area contributed by atoms with Crippen molar-refractivity contribution in [2.24, 2.45) is 0 Å². The SMILES string of the molecule is CCCNCc1cnc(N2CCCN(C)CC2C)s1. The molecule has 108 valence electrons. The van der Waals surface area contributed by atoms with Gasteiger partial charge in [-0.1, -0.05) is 6.92 Å². The number of likely N-dealkylation sites (N-methyl/N-ethyl adjacent to an activating group) is 1. The molecular formula is C14H26N4S. The highest BCUT2D eigenvalue weighted by atomic mass is 32.1. The molecule has 1 aliphatic rings. The van der Waals surface area contributed by atoms with Gasteiger partial charge in [-0.3, -0.25) is 0 Å². The minimum absolute atomic E-state index is 0.551. The van der Waals surface area contributed by atoms with E-state index in [0.717, 1.165) is 26.2 Å². The standard InChI is InChI=1S/C14H26N4S/c1-4-6-15-9-13-10-16-14(19-13)18-8-5-7-17(3)11-12(18)2/h10,12,15H,4-9,11H2,1-3H3. The molecule has 1 aromatic heterocycles. The Bertz CT molecular complexity index is 379. The fourth-order valence-electron chi connectivity index (χ4n) is 2.56. The van der Waals surface area contributed by atoms with Crippen molar-refractivity contribution in [3.05, 3.63) is 11.1 Å². The average molecular weight is 282 g/mol. The molecule has 1 fully saturated rings. The Morgan fingerprint density at radius 2 is 2.32 bits per heavy atom. The van der Waals surface area contributed by atoms with E-state index in [4.69, 9.17) is 0 Å². The molecule has 0 amide bonds. The van der Waals surface area contributed by atoms with Crippen LogP contribution in [0.1, 0.15) is 31.6 Å². The number of thiazole rings is 1. The molecule has 1 aliphatic heterocycles. The largest absolute Gasteiger partial charge is 0.344 e. The summed E-state index contributed by atoms with van der Waals surface area (Å²) in [5, 5.41) is 4.63. The van der Waals surface area contributed by atoms with Crippen molar-refractivity contribution in [3.8, 4) is 0 Å². The Balaban J connectivity index is 1.96. The molecule has 0 saturated carbocycles. The zero-order chi connectivity index (χ0) is 13.7. The Hall–Kier alpha value is -0.650. The third-order valence-electron chi connectivity index (χ3n) is 3.56. The second-order valence-corrected chi connectivity index (χ2v) is 6.54. The van der Waals surface area contributed by atoms with E-state index in [9.17, 15) is 0 Å². The van der Waals surface area contributed by atoms with Crippen LogP contribution in [0.3, 0.4) is 0 Å². The normalized spacial score (nSPS) is 21.6. The van der Waals surface area contributed by atoms with Crippen molar-refractivity contribution >= 4 is 16.5 Å². The molecule has 0 radical (unpaired) electrons. The second-order valence-electron chi connectivity index (χ2n) is 5.44. The summed E-state index contributed by atoms with van der Waals surface area (Å²) >= 11 is 1.84. The molecule has 1 aromatic rings. The van der Waals surface area contributed by atoms with E-state index in [1.54, 1.807) is 0 Å². The van der Waals surface area contributed by atoms with Crippen LogP contribution in [-0.4, -0.2) is 49.2 Å². The minimum atomic E-state index is 0.551. The number of rotatable bonds is 5. The molecule has 19 heavy (non-hydrogen) atoms. The third kappa shape index (κ3) is 4.16. The van der Waals surface area contributed by atoms with Gasteiger partial charge < -0.3 is 15.1 Å². The first-order valence-corrected chi connectivity index (χ1v) is 8.13. The zero-order valence-corrected chi connectivity index (χ0v) is 13.2. The van der Waals surface area contributed by atoms with Gasteiger partial charge in [0, 0.05) is 36.8 Å². The van der Waals surface area contributed by atoms with E-state index in [0.29, 0.717) is 6.04 Å². The average Bonchev–Trinajstić information content (AvgIpc) is 2.76. The smallest absolute Gasteiger partial charge is 0.185 e. The molecule has 2 heterocycles. The Morgan fingerprint density at radius 1 is 1.47 bits per heavy atom. The molecule has 0 spiro atoms. The number of nitrogens with zero attached hydrogens (tertiary/aromatic N) is 3. The summed E-state index contributed by atoms with van der Waals surface area (Å²) in [4.78, 5) is 10.9. The Labute approximate surface area is 120 Å². The summed E-state index contributed by atoms with van der Waals surface area (Å²) in [5.41, 5.74) is 0. The summed E-state index contributed by atoms with van der Waals surface area (Å²) < 4.78 is 0. The highest BCUT2D eigenvalue weighted by molar-refractivity contribution is 7.15.